The number of nitrogen functional groups attached to an aromatic ring is 1. The molecule has 0 radical (unpaired) electrons. The quantitative estimate of drug-likeness (QED) is 0.815. The van der Waals surface area contributed by atoms with Crippen molar-refractivity contribution in [1.29, 1.82) is 0 Å². The molecular weight excluding hydrogens is 264 g/mol. The predicted molar refractivity (Wildman–Crippen MR) is 81.7 cm³/mol. The number of hydrogen-bond donors (Lipinski definition) is 2. The molecule has 0 amide bonds. The summed E-state index contributed by atoms with van der Waals surface area (Å²) < 4.78 is 4.21. The van der Waals surface area contributed by atoms with E-state index in [0.29, 0.717) is 11.9 Å². The maximum absolute atomic E-state index is 5.84. The van der Waals surface area contributed by atoms with Gasteiger partial charge >= 0.3 is 0 Å². The van der Waals surface area contributed by atoms with E-state index in [2.05, 4.69) is 21.5 Å². The second kappa shape index (κ2) is 6.63. The van der Waals surface area contributed by atoms with Crippen LogP contribution in [0.15, 0.2) is 4.90 Å². The monoisotopic (exact) mass is 286 g/mol. The summed E-state index contributed by atoms with van der Waals surface area (Å²) in [4.78, 5) is 3.63. The Morgan fingerprint density at radius 2 is 2.17 bits per heavy atom. The lowest BCUT2D eigenvalue weighted by molar-refractivity contribution is 0.223. The molecule has 2 heterocycles. The van der Waals surface area contributed by atoms with E-state index in [4.69, 9.17) is 5.73 Å². The first-order valence-corrected chi connectivity index (χ1v) is 8.48. The number of likely N-dealkylation sites (tertiary alicyclic amines) is 1. The van der Waals surface area contributed by atoms with Gasteiger partial charge in [0, 0.05) is 12.6 Å². The maximum atomic E-state index is 5.84. The fourth-order valence-electron chi connectivity index (χ4n) is 2.38. The van der Waals surface area contributed by atoms with Gasteiger partial charge in [-0.25, -0.2) is 0 Å². The number of thioether (sulfide) groups is 1. The molecule has 1 aromatic heterocycles. The van der Waals surface area contributed by atoms with Gasteiger partial charge in [-0.15, -0.1) is 11.8 Å². The van der Waals surface area contributed by atoms with Gasteiger partial charge in [-0.2, -0.15) is 4.37 Å². The van der Waals surface area contributed by atoms with Crippen molar-refractivity contribution in [3.63, 3.8) is 0 Å². The van der Waals surface area contributed by atoms with Crippen molar-refractivity contribution in [3.05, 3.63) is 0 Å². The molecule has 0 bridgehead atoms. The number of anilines is 2. The van der Waals surface area contributed by atoms with E-state index in [9.17, 15) is 0 Å². The molecule has 1 unspecified atom stereocenters. The van der Waals surface area contributed by atoms with E-state index < -0.39 is 0 Å². The minimum Gasteiger partial charge on any atom is -0.382 e. The third-order valence-electron chi connectivity index (χ3n) is 3.24. The Morgan fingerprint density at radius 3 is 2.83 bits per heavy atom. The number of rotatable bonds is 5. The number of hydrogen-bond acceptors (Lipinski definition) is 6. The average Bonchev–Trinajstić information content (AvgIpc) is 2.71. The summed E-state index contributed by atoms with van der Waals surface area (Å²) in [6.07, 6.45) is 6.12. The van der Waals surface area contributed by atoms with Crippen LogP contribution < -0.4 is 11.1 Å². The zero-order chi connectivity index (χ0) is 13.0. The fraction of sp³-hybridized carbons (Fsp3) is 0.750. The van der Waals surface area contributed by atoms with Crippen molar-refractivity contribution < 1.29 is 0 Å². The van der Waals surface area contributed by atoms with Gasteiger partial charge in [0.2, 0.25) is 0 Å². The predicted octanol–water partition coefficient (Wildman–Crippen LogP) is 2.73. The summed E-state index contributed by atoms with van der Waals surface area (Å²) in [6.45, 7) is 5.82. The molecular formula is C12H22N4S2. The van der Waals surface area contributed by atoms with E-state index in [-0.39, 0.29) is 0 Å². The SMILES string of the molecule is CSc1c(N)nsc1NC(C)CN1CCCCC1. The van der Waals surface area contributed by atoms with E-state index in [0.717, 1.165) is 16.4 Å². The molecule has 1 atom stereocenters. The minimum absolute atomic E-state index is 0.439. The molecule has 1 aliphatic rings. The van der Waals surface area contributed by atoms with Gasteiger partial charge in [0.1, 0.15) is 5.00 Å². The van der Waals surface area contributed by atoms with Gasteiger partial charge in [0.25, 0.3) is 0 Å². The van der Waals surface area contributed by atoms with Crippen molar-refractivity contribution in [1.82, 2.24) is 9.27 Å². The Kier molecular flexibility index (Phi) is 5.14. The van der Waals surface area contributed by atoms with Gasteiger partial charge in [-0.3, -0.25) is 0 Å². The summed E-state index contributed by atoms with van der Waals surface area (Å²) in [5.41, 5.74) is 5.84. The van der Waals surface area contributed by atoms with E-state index in [1.165, 1.54) is 43.9 Å². The first-order chi connectivity index (χ1) is 8.70. The van der Waals surface area contributed by atoms with Crippen LogP contribution in [0.1, 0.15) is 26.2 Å². The molecule has 0 aliphatic carbocycles. The van der Waals surface area contributed by atoms with Crippen molar-refractivity contribution in [3.8, 4) is 0 Å². The topological polar surface area (TPSA) is 54.2 Å². The smallest absolute Gasteiger partial charge is 0.153 e. The highest BCUT2D eigenvalue weighted by molar-refractivity contribution is 7.99. The second-order valence-corrected chi connectivity index (χ2v) is 6.43. The standard InChI is InChI=1S/C12H22N4S2/c1-9(8-16-6-4-3-5-7-16)14-12-10(17-2)11(13)15-18-12/h9,14H,3-8H2,1-2H3,(H2,13,15). The lowest BCUT2D eigenvalue weighted by Gasteiger charge is -2.29. The summed E-state index contributed by atoms with van der Waals surface area (Å²) in [5, 5.41) is 4.66. The van der Waals surface area contributed by atoms with Crippen LogP contribution in [-0.2, 0) is 0 Å². The molecule has 102 valence electrons. The number of nitrogens with one attached hydrogen (secondary N) is 1. The Hall–Kier alpha value is -0.460. The van der Waals surface area contributed by atoms with Crippen LogP contribution in [0.2, 0.25) is 0 Å². The highest BCUT2D eigenvalue weighted by Gasteiger charge is 2.16. The minimum atomic E-state index is 0.439. The van der Waals surface area contributed by atoms with Gasteiger partial charge in [-0.1, -0.05) is 6.42 Å². The van der Waals surface area contributed by atoms with Crippen LogP contribution >= 0.6 is 23.3 Å². The van der Waals surface area contributed by atoms with Crippen molar-refractivity contribution in [2.24, 2.45) is 0 Å². The zero-order valence-corrected chi connectivity index (χ0v) is 12.7. The largest absolute Gasteiger partial charge is 0.382 e. The van der Waals surface area contributed by atoms with Crippen LogP contribution in [0, 0.1) is 0 Å². The molecule has 1 aromatic rings. The molecule has 3 N–H and O–H groups in total. The molecule has 1 saturated heterocycles. The highest BCUT2D eigenvalue weighted by Crippen LogP contribution is 2.34. The summed E-state index contributed by atoms with van der Waals surface area (Å²) in [5.74, 6) is 0.653. The van der Waals surface area contributed by atoms with Gasteiger partial charge in [0.05, 0.1) is 4.90 Å². The number of nitrogens with two attached hydrogens (primary N) is 1. The lowest BCUT2D eigenvalue weighted by Crippen LogP contribution is -2.38. The lowest BCUT2D eigenvalue weighted by atomic mass is 10.1. The Morgan fingerprint density at radius 1 is 1.44 bits per heavy atom. The van der Waals surface area contributed by atoms with Crippen LogP contribution in [0.5, 0.6) is 0 Å². The molecule has 6 heteroatoms. The molecule has 1 fully saturated rings. The fourth-order valence-corrected chi connectivity index (χ4v) is 4.02. The molecule has 0 spiro atoms. The molecule has 4 nitrogen and oxygen atoms in total. The molecule has 1 aliphatic heterocycles. The molecule has 18 heavy (non-hydrogen) atoms. The third-order valence-corrected chi connectivity index (χ3v) is 4.98. The number of piperidine rings is 1. The Labute approximate surface area is 117 Å². The third kappa shape index (κ3) is 3.52. The molecule has 2 rings (SSSR count). The Balaban J connectivity index is 1.87. The Bertz CT molecular complexity index is 374. The first-order valence-electron chi connectivity index (χ1n) is 6.48. The van der Waals surface area contributed by atoms with Crippen LogP contribution in [0.25, 0.3) is 0 Å². The first kappa shape index (κ1) is 14.0. The van der Waals surface area contributed by atoms with Crippen LogP contribution in [-0.4, -0.2) is 41.2 Å². The second-order valence-electron chi connectivity index (χ2n) is 4.84. The summed E-state index contributed by atoms with van der Waals surface area (Å²) in [6, 6.07) is 0.439. The van der Waals surface area contributed by atoms with Gasteiger partial charge < -0.3 is 16.0 Å². The van der Waals surface area contributed by atoms with Gasteiger partial charge in [0.15, 0.2) is 5.82 Å². The summed E-state index contributed by atoms with van der Waals surface area (Å²) >= 11 is 3.13. The normalized spacial score (nSPS) is 18.8. The zero-order valence-electron chi connectivity index (χ0n) is 11.1. The van der Waals surface area contributed by atoms with Crippen LogP contribution in [0.4, 0.5) is 10.8 Å². The average molecular weight is 286 g/mol. The number of aromatic nitrogens is 1. The van der Waals surface area contributed by atoms with Crippen molar-refractivity contribution >= 4 is 34.1 Å². The molecule has 0 aromatic carbocycles. The maximum Gasteiger partial charge on any atom is 0.153 e. The van der Waals surface area contributed by atoms with Crippen molar-refractivity contribution in [2.45, 2.75) is 37.1 Å². The summed E-state index contributed by atoms with van der Waals surface area (Å²) in [7, 11) is 0. The molecule has 0 saturated carbocycles. The number of nitrogens with zero attached hydrogens (tertiary/aromatic N) is 2. The van der Waals surface area contributed by atoms with Gasteiger partial charge in [-0.05, 0) is 50.6 Å². The van der Waals surface area contributed by atoms with Crippen molar-refractivity contribution in [2.75, 3.05) is 36.9 Å². The van der Waals surface area contributed by atoms with E-state index in [1.807, 2.05) is 6.26 Å². The van der Waals surface area contributed by atoms with E-state index in [1.54, 1.807) is 11.8 Å². The van der Waals surface area contributed by atoms with E-state index >= 15 is 0 Å². The van der Waals surface area contributed by atoms with Crippen LogP contribution in [0.3, 0.4) is 0 Å². The highest BCUT2D eigenvalue weighted by atomic mass is 32.2.